The van der Waals surface area contributed by atoms with Gasteiger partial charge in [0.05, 0.1) is 0 Å². The van der Waals surface area contributed by atoms with Gasteiger partial charge in [0.1, 0.15) is 0 Å². The van der Waals surface area contributed by atoms with Gasteiger partial charge in [0, 0.05) is 44.2 Å². The number of aliphatic hydroxyl groups excluding tert-OH is 1. The second-order valence-corrected chi connectivity index (χ2v) is 6.94. The summed E-state index contributed by atoms with van der Waals surface area (Å²) in [5, 5.41) is 15.9. The number of aliphatic hydroxyl groups is 1. The average Bonchev–Trinajstić information content (AvgIpc) is 2.56. The van der Waals surface area contributed by atoms with Crippen LogP contribution in [0, 0.1) is 5.41 Å². The molecule has 0 bridgehead atoms. The zero-order valence-electron chi connectivity index (χ0n) is 13.5. The Kier molecular flexibility index (Phi) is 4.48. The first kappa shape index (κ1) is 15.5. The Bertz CT molecular complexity index is 632. The number of hydrogen-bond acceptors (Lipinski definition) is 3. The van der Waals surface area contributed by atoms with E-state index in [2.05, 4.69) is 66.5 Å². The van der Waals surface area contributed by atoms with E-state index in [0.29, 0.717) is 0 Å². The van der Waals surface area contributed by atoms with Gasteiger partial charge in [-0.15, -0.1) is 0 Å². The van der Waals surface area contributed by atoms with Crippen LogP contribution < -0.4 is 5.32 Å². The topological polar surface area (TPSA) is 35.5 Å². The van der Waals surface area contributed by atoms with Crippen LogP contribution in [0.15, 0.2) is 42.5 Å². The Hall–Kier alpha value is -1.42. The van der Waals surface area contributed by atoms with Crippen LogP contribution >= 0.6 is 0 Å². The monoisotopic (exact) mass is 298 g/mol. The molecule has 0 saturated carbocycles. The quantitative estimate of drug-likeness (QED) is 0.911. The third kappa shape index (κ3) is 3.02. The van der Waals surface area contributed by atoms with E-state index in [4.69, 9.17) is 0 Å². The van der Waals surface area contributed by atoms with Crippen molar-refractivity contribution in [2.45, 2.75) is 19.9 Å². The van der Waals surface area contributed by atoms with Gasteiger partial charge in [0.15, 0.2) is 0 Å². The molecule has 3 heteroatoms. The van der Waals surface area contributed by atoms with E-state index >= 15 is 0 Å². The van der Waals surface area contributed by atoms with Gasteiger partial charge < -0.3 is 10.4 Å². The molecule has 0 radical (unpaired) electrons. The van der Waals surface area contributed by atoms with Crippen molar-refractivity contribution in [2.24, 2.45) is 5.41 Å². The number of rotatable bonds is 4. The first-order valence-corrected chi connectivity index (χ1v) is 8.16. The van der Waals surface area contributed by atoms with Gasteiger partial charge in [-0.1, -0.05) is 50.2 Å². The number of hydrogen-bond donors (Lipinski definition) is 2. The second kappa shape index (κ2) is 6.37. The minimum atomic E-state index is -0.167. The molecule has 0 aromatic heterocycles. The largest absolute Gasteiger partial charge is 0.396 e. The van der Waals surface area contributed by atoms with E-state index in [9.17, 15) is 5.11 Å². The summed E-state index contributed by atoms with van der Waals surface area (Å²) in [4.78, 5) is 2.51. The number of benzene rings is 2. The zero-order valence-corrected chi connectivity index (χ0v) is 13.5. The molecular weight excluding hydrogens is 272 g/mol. The second-order valence-electron chi connectivity index (χ2n) is 6.94. The lowest BCUT2D eigenvalue weighted by Crippen LogP contribution is -2.49. The molecule has 1 aliphatic rings. The summed E-state index contributed by atoms with van der Waals surface area (Å²) in [6.45, 7) is 8.61. The van der Waals surface area contributed by atoms with Gasteiger partial charge >= 0.3 is 0 Å². The van der Waals surface area contributed by atoms with Crippen LogP contribution in [-0.2, 0) is 0 Å². The van der Waals surface area contributed by atoms with Crippen LogP contribution in [0.2, 0.25) is 0 Å². The van der Waals surface area contributed by atoms with Crippen LogP contribution in [0.1, 0.15) is 25.5 Å². The van der Waals surface area contributed by atoms with Gasteiger partial charge in [-0.05, 0) is 22.4 Å². The maximum atomic E-state index is 9.93. The molecule has 0 amide bonds. The molecular formula is C19H26N2O. The van der Waals surface area contributed by atoms with Gasteiger partial charge in [0.2, 0.25) is 0 Å². The van der Waals surface area contributed by atoms with Crippen molar-refractivity contribution < 1.29 is 5.11 Å². The Balaban J connectivity index is 2.02. The number of fused-ring (bicyclic) bond motifs is 1. The summed E-state index contributed by atoms with van der Waals surface area (Å²) in [5.41, 5.74) is 1.14. The summed E-state index contributed by atoms with van der Waals surface area (Å²) in [7, 11) is 0. The molecule has 3 nitrogen and oxygen atoms in total. The Labute approximate surface area is 132 Å². The molecule has 1 heterocycles. The molecule has 0 unspecified atom stereocenters. The molecule has 2 N–H and O–H groups in total. The van der Waals surface area contributed by atoms with Gasteiger partial charge in [-0.3, -0.25) is 4.90 Å². The zero-order chi connectivity index (χ0) is 15.6. The van der Waals surface area contributed by atoms with E-state index in [1.54, 1.807) is 0 Å². The molecule has 118 valence electrons. The smallest absolute Gasteiger partial charge is 0.0500 e. The van der Waals surface area contributed by atoms with Crippen molar-refractivity contribution in [3.63, 3.8) is 0 Å². The van der Waals surface area contributed by atoms with Crippen molar-refractivity contribution in [3.05, 3.63) is 48.0 Å². The van der Waals surface area contributed by atoms with E-state index in [0.717, 1.165) is 26.2 Å². The highest BCUT2D eigenvalue weighted by molar-refractivity contribution is 5.83. The van der Waals surface area contributed by atoms with Gasteiger partial charge in [-0.25, -0.2) is 0 Å². The van der Waals surface area contributed by atoms with E-state index in [1.165, 1.54) is 16.3 Å². The maximum absolute atomic E-state index is 9.93. The van der Waals surface area contributed by atoms with Crippen molar-refractivity contribution >= 4 is 10.8 Å². The summed E-state index contributed by atoms with van der Waals surface area (Å²) >= 11 is 0. The molecule has 22 heavy (non-hydrogen) atoms. The Morgan fingerprint density at radius 1 is 1.09 bits per heavy atom. The fourth-order valence-electron chi connectivity index (χ4n) is 3.56. The van der Waals surface area contributed by atoms with Crippen LogP contribution in [0.4, 0.5) is 0 Å². The summed E-state index contributed by atoms with van der Waals surface area (Å²) in [5.74, 6) is 0. The molecule has 0 aliphatic carbocycles. The lowest BCUT2D eigenvalue weighted by molar-refractivity contribution is 0.0306. The van der Waals surface area contributed by atoms with Crippen molar-refractivity contribution in [1.29, 1.82) is 0 Å². The average molecular weight is 298 g/mol. The highest BCUT2D eigenvalue weighted by atomic mass is 16.3. The van der Waals surface area contributed by atoms with Crippen molar-refractivity contribution in [1.82, 2.24) is 10.2 Å². The fraction of sp³-hybridized carbons (Fsp3) is 0.474. The van der Waals surface area contributed by atoms with Crippen LogP contribution in [0.25, 0.3) is 10.8 Å². The summed E-state index contributed by atoms with van der Waals surface area (Å²) in [6.07, 6.45) is 0. The minimum absolute atomic E-state index is 0.167. The first-order valence-electron chi connectivity index (χ1n) is 8.16. The molecule has 1 fully saturated rings. The molecule has 1 atom stereocenters. The van der Waals surface area contributed by atoms with Crippen LogP contribution in [-0.4, -0.2) is 42.8 Å². The molecule has 0 spiro atoms. The van der Waals surface area contributed by atoms with Crippen molar-refractivity contribution in [3.8, 4) is 0 Å². The Morgan fingerprint density at radius 3 is 2.45 bits per heavy atom. The number of piperazine rings is 1. The minimum Gasteiger partial charge on any atom is -0.396 e. The van der Waals surface area contributed by atoms with Gasteiger partial charge in [-0.2, -0.15) is 0 Å². The highest BCUT2D eigenvalue weighted by Crippen LogP contribution is 2.39. The van der Waals surface area contributed by atoms with E-state index in [1.807, 2.05) is 0 Å². The number of nitrogens with zero attached hydrogens (tertiary/aromatic N) is 1. The molecule has 1 saturated heterocycles. The lowest BCUT2D eigenvalue weighted by atomic mass is 9.79. The standard InChI is InChI=1S/C19H26N2O/c1-19(2,14-22)18(21-11-9-20-10-12-21)17-8-7-15-5-3-4-6-16(15)13-17/h3-8,13,18,20,22H,9-12,14H2,1-2H3/t18-/m1/s1. The number of nitrogens with one attached hydrogen (secondary N) is 1. The van der Waals surface area contributed by atoms with Crippen LogP contribution in [0.5, 0.6) is 0 Å². The van der Waals surface area contributed by atoms with Crippen molar-refractivity contribution in [2.75, 3.05) is 32.8 Å². The van der Waals surface area contributed by atoms with Crippen LogP contribution in [0.3, 0.4) is 0 Å². The molecule has 3 rings (SSSR count). The predicted octanol–water partition coefficient (Wildman–Crippen LogP) is 2.80. The fourth-order valence-corrected chi connectivity index (χ4v) is 3.56. The molecule has 2 aromatic carbocycles. The molecule has 2 aromatic rings. The third-order valence-electron chi connectivity index (χ3n) is 4.75. The summed E-state index contributed by atoms with van der Waals surface area (Å²) < 4.78 is 0. The molecule has 1 aliphatic heterocycles. The normalized spacial score (nSPS) is 18.5. The third-order valence-corrected chi connectivity index (χ3v) is 4.75. The summed E-state index contributed by atoms with van der Waals surface area (Å²) in [6, 6.07) is 15.4. The predicted molar refractivity (Wildman–Crippen MR) is 92.0 cm³/mol. The van der Waals surface area contributed by atoms with E-state index in [-0.39, 0.29) is 18.1 Å². The van der Waals surface area contributed by atoms with Gasteiger partial charge in [0.25, 0.3) is 0 Å². The highest BCUT2D eigenvalue weighted by Gasteiger charge is 2.35. The lowest BCUT2D eigenvalue weighted by Gasteiger charge is -2.43. The Morgan fingerprint density at radius 2 is 1.77 bits per heavy atom. The van der Waals surface area contributed by atoms with E-state index < -0.39 is 0 Å². The maximum Gasteiger partial charge on any atom is 0.0500 e. The SMILES string of the molecule is CC(C)(CO)[C@@H](c1ccc2ccccc2c1)N1CCNCC1. The first-order chi connectivity index (χ1) is 10.6.